The van der Waals surface area contributed by atoms with E-state index in [1.165, 1.54) is 0 Å². The van der Waals surface area contributed by atoms with Gasteiger partial charge in [-0.3, -0.25) is 4.90 Å². The first-order chi connectivity index (χ1) is 15.0. The first-order valence-corrected chi connectivity index (χ1v) is 10.4. The lowest BCUT2D eigenvalue weighted by Crippen LogP contribution is -2.46. The summed E-state index contributed by atoms with van der Waals surface area (Å²) < 4.78 is 10.9. The van der Waals surface area contributed by atoms with Crippen LogP contribution >= 0.6 is 0 Å². The first-order valence-electron chi connectivity index (χ1n) is 10.4. The van der Waals surface area contributed by atoms with Gasteiger partial charge in [0.2, 0.25) is 5.82 Å². The second kappa shape index (κ2) is 8.63. The van der Waals surface area contributed by atoms with E-state index in [2.05, 4.69) is 15.5 Å². The molecular formula is C24H26N4O3. The van der Waals surface area contributed by atoms with E-state index in [-0.39, 0.29) is 12.1 Å². The number of rotatable bonds is 6. The zero-order valence-corrected chi connectivity index (χ0v) is 18.2. The lowest BCUT2D eigenvalue weighted by Gasteiger charge is -2.35. The number of methoxy groups -OCH3 is 1. The molecule has 3 aromatic rings. The molecule has 31 heavy (non-hydrogen) atoms. The number of nitrogens with one attached hydrogen (secondary N) is 1. The van der Waals surface area contributed by atoms with Crippen molar-refractivity contribution < 1.29 is 14.1 Å². The van der Waals surface area contributed by atoms with Gasteiger partial charge in [-0.1, -0.05) is 41.9 Å². The highest BCUT2D eigenvalue weighted by atomic mass is 16.5. The van der Waals surface area contributed by atoms with Crippen LogP contribution in [0.25, 0.3) is 17.0 Å². The Labute approximate surface area is 181 Å². The molecule has 7 heteroatoms. The second-order valence-corrected chi connectivity index (χ2v) is 7.60. The molecule has 1 atom stereocenters. The molecule has 0 saturated heterocycles. The molecule has 2 amide bonds. The quantitative estimate of drug-likeness (QED) is 0.612. The van der Waals surface area contributed by atoms with Crippen molar-refractivity contribution in [2.45, 2.75) is 33.2 Å². The number of aryl methyl sites for hydroxylation is 1. The maximum Gasteiger partial charge on any atom is 0.322 e. The molecule has 1 aromatic heterocycles. The lowest BCUT2D eigenvalue weighted by molar-refractivity contribution is 0.205. The van der Waals surface area contributed by atoms with Gasteiger partial charge >= 0.3 is 6.03 Å². The van der Waals surface area contributed by atoms with Crippen LogP contribution in [-0.2, 0) is 0 Å². The molecule has 1 unspecified atom stereocenters. The summed E-state index contributed by atoms with van der Waals surface area (Å²) in [4.78, 5) is 19.2. The summed E-state index contributed by atoms with van der Waals surface area (Å²) in [5.74, 6) is 1.64. The van der Waals surface area contributed by atoms with Crippen molar-refractivity contribution in [3.63, 3.8) is 0 Å². The van der Waals surface area contributed by atoms with Gasteiger partial charge in [0, 0.05) is 17.8 Å². The minimum atomic E-state index is -0.370. The Morgan fingerprint density at radius 2 is 1.81 bits per heavy atom. The minimum absolute atomic E-state index is 0.122. The average Bonchev–Trinajstić information content (AvgIpc) is 3.26. The van der Waals surface area contributed by atoms with Crippen LogP contribution in [0.5, 0.6) is 5.75 Å². The molecule has 4 rings (SSSR count). The topological polar surface area (TPSA) is 80.5 Å². The lowest BCUT2D eigenvalue weighted by atomic mass is 9.94. The summed E-state index contributed by atoms with van der Waals surface area (Å²) in [6, 6.07) is 15.1. The zero-order chi connectivity index (χ0) is 22.0. The average molecular weight is 418 g/mol. The summed E-state index contributed by atoms with van der Waals surface area (Å²) in [5, 5.41) is 7.31. The standard InChI is InChI=1S/C24H26N4O3/c1-5-14-28-16(3)20(21(25-24(28)29)17-8-6-15(2)7-9-17)23-26-22(27-31-23)18-10-12-19(30-4)13-11-18/h6-13,21H,5,14H2,1-4H3,(H,25,29). The molecule has 0 radical (unpaired) electrons. The summed E-state index contributed by atoms with van der Waals surface area (Å²) >= 11 is 0. The first kappa shape index (κ1) is 20.7. The molecule has 0 spiro atoms. The summed E-state index contributed by atoms with van der Waals surface area (Å²) in [7, 11) is 1.63. The van der Waals surface area contributed by atoms with Crippen molar-refractivity contribution in [2.24, 2.45) is 0 Å². The van der Waals surface area contributed by atoms with E-state index in [1.54, 1.807) is 12.0 Å². The number of carbonyl (C=O) groups is 1. The Morgan fingerprint density at radius 3 is 2.45 bits per heavy atom. The van der Waals surface area contributed by atoms with Crippen molar-refractivity contribution in [1.82, 2.24) is 20.4 Å². The molecule has 0 saturated carbocycles. The van der Waals surface area contributed by atoms with Gasteiger partial charge in [0.15, 0.2) is 0 Å². The number of hydrogen-bond donors (Lipinski definition) is 1. The zero-order valence-electron chi connectivity index (χ0n) is 18.2. The molecule has 0 fully saturated rings. The van der Waals surface area contributed by atoms with E-state index < -0.39 is 0 Å². The highest BCUT2D eigenvalue weighted by molar-refractivity contribution is 5.86. The molecule has 0 aliphatic carbocycles. The van der Waals surface area contributed by atoms with E-state index in [4.69, 9.17) is 9.26 Å². The van der Waals surface area contributed by atoms with Gasteiger partial charge in [0.05, 0.1) is 18.7 Å². The Bertz CT molecular complexity index is 1100. The third-order valence-corrected chi connectivity index (χ3v) is 5.46. The van der Waals surface area contributed by atoms with Gasteiger partial charge in [-0.2, -0.15) is 4.98 Å². The van der Waals surface area contributed by atoms with Crippen LogP contribution in [0.15, 0.2) is 58.8 Å². The number of amides is 2. The highest BCUT2D eigenvalue weighted by Crippen LogP contribution is 2.37. The monoisotopic (exact) mass is 418 g/mol. The number of ether oxygens (including phenoxy) is 1. The minimum Gasteiger partial charge on any atom is -0.497 e. The van der Waals surface area contributed by atoms with Crippen LogP contribution in [-0.4, -0.2) is 34.7 Å². The van der Waals surface area contributed by atoms with Gasteiger partial charge in [0.25, 0.3) is 5.89 Å². The Balaban J connectivity index is 1.78. The molecule has 1 aliphatic heterocycles. The molecule has 2 heterocycles. The van der Waals surface area contributed by atoms with Crippen LogP contribution in [0.2, 0.25) is 0 Å². The number of carbonyl (C=O) groups excluding carboxylic acids is 1. The van der Waals surface area contributed by atoms with Crippen LogP contribution in [0.1, 0.15) is 43.3 Å². The summed E-state index contributed by atoms with van der Waals surface area (Å²) in [6.45, 7) is 6.62. The van der Waals surface area contributed by atoms with Crippen molar-refractivity contribution >= 4 is 11.6 Å². The molecule has 1 N–H and O–H groups in total. The molecule has 0 bridgehead atoms. The van der Waals surface area contributed by atoms with Gasteiger partial charge in [-0.05, 0) is 50.1 Å². The Kier molecular flexibility index (Phi) is 5.75. The highest BCUT2D eigenvalue weighted by Gasteiger charge is 2.35. The van der Waals surface area contributed by atoms with Crippen molar-refractivity contribution in [3.05, 3.63) is 71.2 Å². The van der Waals surface area contributed by atoms with E-state index >= 15 is 0 Å². The normalized spacial score (nSPS) is 16.5. The number of benzene rings is 2. The van der Waals surface area contributed by atoms with Crippen LogP contribution < -0.4 is 10.1 Å². The molecule has 2 aromatic carbocycles. The van der Waals surface area contributed by atoms with Gasteiger partial charge < -0.3 is 14.6 Å². The predicted molar refractivity (Wildman–Crippen MR) is 118 cm³/mol. The Hall–Kier alpha value is -3.61. The molecule has 1 aliphatic rings. The number of allylic oxidation sites excluding steroid dienone is 1. The maximum absolute atomic E-state index is 12.8. The van der Waals surface area contributed by atoms with E-state index in [1.807, 2.05) is 69.3 Å². The van der Waals surface area contributed by atoms with E-state index in [0.717, 1.165) is 40.1 Å². The third-order valence-electron chi connectivity index (χ3n) is 5.46. The molecular weight excluding hydrogens is 392 g/mol. The summed E-state index contributed by atoms with van der Waals surface area (Å²) in [5.41, 5.74) is 4.57. The predicted octanol–water partition coefficient (Wildman–Crippen LogP) is 4.96. The number of aromatic nitrogens is 2. The molecule has 7 nitrogen and oxygen atoms in total. The van der Waals surface area contributed by atoms with Crippen molar-refractivity contribution in [1.29, 1.82) is 0 Å². The van der Waals surface area contributed by atoms with Crippen LogP contribution in [0, 0.1) is 6.92 Å². The fourth-order valence-corrected chi connectivity index (χ4v) is 3.75. The van der Waals surface area contributed by atoms with Crippen LogP contribution in [0.3, 0.4) is 0 Å². The van der Waals surface area contributed by atoms with Crippen molar-refractivity contribution in [3.8, 4) is 17.1 Å². The fourth-order valence-electron chi connectivity index (χ4n) is 3.75. The third kappa shape index (κ3) is 4.03. The smallest absolute Gasteiger partial charge is 0.322 e. The number of nitrogens with zero attached hydrogens (tertiary/aromatic N) is 3. The van der Waals surface area contributed by atoms with Gasteiger partial charge in [-0.25, -0.2) is 4.79 Å². The molecule has 160 valence electrons. The van der Waals surface area contributed by atoms with Crippen molar-refractivity contribution in [2.75, 3.05) is 13.7 Å². The van der Waals surface area contributed by atoms with E-state index in [9.17, 15) is 4.79 Å². The number of urea groups is 1. The van der Waals surface area contributed by atoms with Gasteiger partial charge in [0.1, 0.15) is 5.75 Å². The summed E-state index contributed by atoms with van der Waals surface area (Å²) in [6.07, 6.45) is 0.841. The fraction of sp³-hybridized carbons (Fsp3) is 0.292. The number of hydrogen-bond acceptors (Lipinski definition) is 5. The van der Waals surface area contributed by atoms with E-state index in [0.29, 0.717) is 18.3 Å². The Morgan fingerprint density at radius 1 is 1.10 bits per heavy atom. The second-order valence-electron chi connectivity index (χ2n) is 7.60. The SMILES string of the molecule is CCCN1C(=O)NC(c2ccc(C)cc2)C(c2nc(-c3ccc(OC)cc3)no2)=C1C. The largest absolute Gasteiger partial charge is 0.497 e. The van der Waals surface area contributed by atoms with Gasteiger partial charge in [-0.15, -0.1) is 0 Å². The van der Waals surface area contributed by atoms with Crippen LogP contribution in [0.4, 0.5) is 4.79 Å². The maximum atomic E-state index is 12.8.